The number of alkyl halides is 3. The van der Waals surface area contributed by atoms with Crippen LogP contribution in [0.15, 0.2) is 51.7 Å². The van der Waals surface area contributed by atoms with Gasteiger partial charge in [-0.2, -0.15) is 13.2 Å². The standard InChI is InChI=1S/C12H8BrF3O2/c13-10-3-1-2-8(6-10)11(17,12(14,15)16)9-4-5-18-7-9/h1-7,17H. The lowest BCUT2D eigenvalue weighted by Crippen LogP contribution is -2.43. The van der Waals surface area contributed by atoms with Crippen LogP contribution in [0.5, 0.6) is 0 Å². The van der Waals surface area contributed by atoms with Gasteiger partial charge in [-0.3, -0.25) is 0 Å². The molecule has 0 bridgehead atoms. The lowest BCUT2D eigenvalue weighted by atomic mass is 9.87. The van der Waals surface area contributed by atoms with Gasteiger partial charge >= 0.3 is 6.18 Å². The van der Waals surface area contributed by atoms with Gasteiger partial charge in [-0.1, -0.05) is 28.1 Å². The lowest BCUT2D eigenvalue weighted by Gasteiger charge is -2.30. The fourth-order valence-electron chi connectivity index (χ4n) is 1.68. The van der Waals surface area contributed by atoms with Gasteiger partial charge in [-0.15, -0.1) is 0 Å². The highest BCUT2D eigenvalue weighted by Gasteiger charge is 2.56. The van der Waals surface area contributed by atoms with Gasteiger partial charge in [0.25, 0.3) is 0 Å². The Morgan fingerprint density at radius 2 is 1.83 bits per heavy atom. The third-order valence-corrected chi connectivity index (χ3v) is 3.08. The quantitative estimate of drug-likeness (QED) is 0.912. The molecule has 1 heterocycles. The summed E-state index contributed by atoms with van der Waals surface area (Å²) in [6, 6.07) is 6.53. The first-order valence-corrected chi connectivity index (χ1v) is 5.73. The minimum absolute atomic E-state index is 0.272. The number of furan rings is 1. The van der Waals surface area contributed by atoms with E-state index in [1.807, 2.05) is 0 Å². The minimum atomic E-state index is -4.85. The molecule has 0 fully saturated rings. The molecule has 0 aliphatic rings. The van der Waals surface area contributed by atoms with E-state index in [9.17, 15) is 18.3 Å². The molecule has 0 saturated carbocycles. The Balaban J connectivity index is 2.64. The van der Waals surface area contributed by atoms with E-state index in [2.05, 4.69) is 20.3 Å². The van der Waals surface area contributed by atoms with Crippen molar-refractivity contribution in [2.75, 3.05) is 0 Å². The Hall–Kier alpha value is -1.27. The van der Waals surface area contributed by atoms with Gasteiger partial charge in [0, 0.05) is 10.0 Å². The summed E-state index contributed by atoms with van der Waals surface area (Å²) in [7, 11) is 0. The summed E-state index contributed by atoms with van der Waals surface area (Å²) < 4.78 is 44.6. The number of benzene rings is 1. The van der Waals surface area contributed by atoms with Gasteiger partial charge < -0.3 is 9.52 Å². The van der Waals surface area contributed by atoms with Crippen LogP contribution in [0.4, 0.5) is 13.2 Å². The van der Waals surface area contributed by atoms with Crippen molar-refractivity contribution in [2.45, 2.75) is 11.8 Å². The van der Waals surface area contributed by atoms with E-state index in [-0.39, 0.29) is 11.1 Å². The summed E-state index contributed by atoms with van der Waals surface area (Å²) in [6.07, 6.45) is -2.88. The molecule has 0 aliphatic carbocycles. The number of halogens is 4. The third kappa shape index (κ3) is 2.06. The zero-order valence-electron chi connectivity index (χ0n) is 8.91. The van der Waals surface area contributed by atoms with Crippen molar-refractivity contribution in [3.05, 3.63) is 58.5 Å². The highest BCUT2D eigenvalue weighted by molar-refractivity contribution is 9.10. The van der Waals surface area contributed by atoms with Crippen LogP contribution in [0.25, 0.3) is 0 Å². The van der Waals surface area contributed by atoms with E-state index in [1.54, 1.807) is 6.07 Å². The molecule has 18 heavy (non-hydrogen) atoms. The van der Waals surface area contributed by atoms with Crippen LogP contribution in [0.2, 0.25) is 0 Å². The van der Waals surface area contributed by atoms with Crippen molar-refractivity contribution in [3.63, 3.8) is 0 Å². The fraction of sp³-hybridized carbons (Fsp3) is 0.167. The summed E-state index contributed by atoms with van der Waals surface area (Å²) >= 11 is 3.08. The normalized spacial score (nSPS) is 15.4. The molecule has 1 aromatic carbocycles. The highest BCUT2D eigenvalue weighted by Crippen LogP contribution is 2.44. The predicted molar refractivity (Wildman–Crippen MR) is 61.9 cm³/mol. The lowest BCUT2D eigenvalue weighted by molar-refractivity contribution is -0.248. The number of hydrogen-bond donors (Lipinski definition) is 1. The van der Waals surface area contributed by atoms with Crippen molar-refractivity contribution >= 4 is 15.9 Å². The van der Waals surface area contributed by atoms with E-state index < -0.39 is 11.8 Å². The van der Waals surface area contributed by atoms with E-state index in [1.165, 1.54) is 18.2 Å². The second kappa shape index (κ2) is 4.44. The van der Waals surface area contributed by atoms with Gasteiger partial charge in [0.1, 0.15) is 0 Å². The van der Waals surface area contributed by atoms with Crippen molar-refractivity contribution < 1.29 is 22.7 Å². The Bertz CT molecular complexity index is 537. The summed E-state index contributed by atoms with van der Waals surface area (Å²) in [5.74, 6) is 0. The van der Waals surface area contributed by atoms with Crippen LogP contribution >= 0.6 is 15.9 Å². The minimum Gasteiger partial charge on any atom is -0.472 e. The molecule has 0 radical (unpaired) electrons. The molecule has 0 spiro atoms. The highest BCUT2D eigenvalue weighted by atomic mass is 79.9. The monoisotopic (exact) mass is 320 g/mol. The predicted octanol–water partition coefficient (Wildman–Crippen LogP) is 3.84. The van der Waals surface area contributed by atoms with E-state index in [0.717, 1.165) is 18.6 Å². The average Bonchev–Trinajstić information content (AvgIpc) is 2.80. The van der Waals surface area contributed by atoms with Crippen LogP contribution in [0.1, 0.15) is 11.1 Å². The Kier molecular flexibility index (Phi) is 3.25. The summed E-state index contributed by atoms with van der Waals surface area (Å²) in [5, 5.41) is 10.1. The van der Waals surface area contributed by atoms with Gasteiger partial charge in [-0.05, 0) is 23.8 Å². The second-order valence-corrected chi connectivity index (χ2v) is 4.65. The molecule has 0 aliphatic heterocycles. The maximum atomic E-state index is 13.2. The Morgan fingerprint density at radius 1 is 1.11 bits per heavy atom. The molecule has 0 amide bonds. The van der Waals surface area contributed by atoms with Gasteiger partial charge in [0.15, 0.2) is 0 Å². The van der Waals surface area contributed by atoms with E-state index in [0.29, 0.717) is 4.47 Å². The van der Waals surface area contributed by atoms with E-state index >= 15 is 0 Å². The number of hydrogen-bond acceptors (Lipinski definition) is 2. The molecular formula is C12H8BrF3O2. The first kappa shape index (κ1) is 13.2. The van der Waals surface area contributed by atoms with E-state index in [4.69, 9.17) is 0 Å². The first-order chi connectivity index (χ1) is 8.35. The largest absolute Gasteiger partial charge is 0.472 e. The van der Waals surface area contributed by atoms with Crippen LogP contribution in [0.3, 0.4) is 0 Å². The Labute approximate surface area is 109 Å². The zero-order chi connectivity index (χ0) is 13.4. The Morgan fingerprint density at radius 3 is 2.33 bits per heavy atom. The topological polar surface area (TPSA) is 33.4 Å². The molecule has 1 N–H and O–H groups in total. The number of aliphatic hydroxyl groups is 1. The van der Waals surface area contributed by atoms with Gasteiger partial charge in [0.2, 0.25) is 5.60 Å². The van der Waals surface area contributed by atoms with Crippen LogP contribution in [-0.4, -0.2) is 11.3 Å². The molecule has 1 aromatic heterocycles. The SMILES string of the molecule is OC(c1ccoc1)(c1cccc(Br)c1)C(F)(F)F. The van der Waals surface area contributed by atoms with Crippen LogP contribution in [-0.2, 0) is 5.60 Å². The molecule has 1 unspecified atom stereocenters. The van der Waals surface area contributed by atoms with Crippen molar-refractivity contribution in [1.82, 2.24) is 0 Å². The molecular weight excluding hydrogens is 313 g/mol. The molecule has 96 valence electrons. The molecule has 2 rings (SSSR count). The van der Waals surface area contributed by atoms with Crippen LogP contribution in [0, 0.1) is 0 Å². The molecule has 0 saturated heterocycles. The fourth-order valence-corrected chi connectivity index (χ4v) is 2.08. The maximum absolute atomic E-state index is 13.2. The second-order valence-electron chi connectivity index (χ2n) is 3.73. The van der Waals surface area contributed by atoms with Crippen LogP contribution < -0.4 is 0 Å². The maximum Gasteiger partial charge on any atom is 0.425 e. The summed E-state index contributed by atoms with van der Waals surface area (Å²) in [6.45, 7) is 0. The van der Waals surface area contributed by atoms with Crippen molar-refractivity contribution in [3.8, 4) is 0 Å². The average molecular weight is 321 g/mol. The van der Waals surface area contributed by atoms with Gasteiger partial charge in [0.05, 0.1) is 12.5 Å². The smallest absolute Gasteiger partial charge is 0.425 e. The first-order valence-electron chi connectivity index (χ1n) is 4.93. The number of rotatable bonds is 2. The summed E-state index contributed by atoms with van der Waals surface area (Å²) in [5.41, 5.74) is -3.71. The molecule has 1 atom stereocenters. The van der Waals surface area contributed by atoms with Crippen molar-refractivity contribution in [2.24, 2.45) is 0 Å². The van der Waals surface area contributed by atoms with Crippen molar-refractivity contribution in [1.29, 1.82) is 0 Å². The molecule has 2 nitrogen and oxygen atoms in total. The molecule has 6 heteroatoms. The zero-order valence-corrected chi connectivity index (χ0v) is 10.5. The van der Waals surface area contributed by atoms with Gasteiger partial charge in [-0.25, -0.2) is 0 Å². The molecule has 2 aromatic rings. The summed E-state index contributed by atoms with van der Waals surface area (Å²) in [4.78, 5) is 0. The third-order valence-electron chi connectivity index (χ3n) is 2.59.